The molecule has 0 spiro atoms. The van der Waals surface area contributed by atoms with E-state index < -0.39 is 0 Å². The van der Waals surface area contributed by atoms with Crippen LogP contribution in [-0.2, 0) is 6.42 Å². The molecular formula is C12H17N3S2. The first-order valence-electron chi connectivity index (χ1n) is 5.97. The van der Waals surface area contributed by atoms with E-state index >= 15 is 0 Å². The lowest BCUT2D eigenvalue weighted by atomic mass is 10.1. The molecule has 0 aliphatic carbocycles. The second-order valence-corrected chi connectivity index (χ2v) is 5.37. The number of aromatic amines is 1. The minimum absolute atomic E-state index is 0.322. The third kappa shape index (κ3) is 2.50. The normalized spacial score (nSPS) is 12.8. The van der Waals surface area contributed by atoms with Gasteiger partial charge in [0.15, 0.2) is 4.77 Å². The third-order valence-electron chi connectivity index (χ3n) is 2.82. The fraction of sp³-hybridized carbons (Fsp3) is 0.500. The molecule has 92 valence electrons. The van der Waals surface area contributed by atoms with E-state index in [0.29, 0.717) is 6.04 Å². The maximum absolute atomic E-state index is 5.35. The molecule has 0 aromatic carbocycles. The maximum Gasteiger partial charge on any atom is 0.195 e. The fourth-order valence-electron chi connectivity index (χ4n) is 2.05. The number of rotatable bonds is 5. The van der Waals surface area contributed by atoms with Crippen LogP contribution in [0.3, 0.4) is 0 Å². The molecule has 0 bridgehead atoms. The Morgan fingerprint density at radius 1 is 1.53 bits per heavy atom. The Morgan fingerprint density at radius 3 is 2.94 bits per heavy atom. The van der Waals surface area contributed by atoms with Crippen molar-refractivity contribution in [1.29, 1.82) is 0 Å². The van der Waals surface area contributed by atoms with Crippen molar-refractivity contribution in [3.63, 3.8) is 0 Å². The van der Waals surface area contributed by atoms with Gasteiger partial charge in [-0.25, -0.2) is 0 Å². The molecule has 2 aromatic heterocycles. The highest BCUT2D eigenvalue weighted by Gasteiger charge is 2.17. The first-order chi connectivity index (χ1) is 8.27. The third-order valence-corrected chi connectivity index (χ3v) is 4.08. The number of nitrogens with zero attached hydrogens (tertiary/aromatic N) is 2. The average molecular weight is 267 g/mol. The Bertz CT molecular complexity index is 510. The Morgan fingerprint density at radius 2 is 2.35 bits per heavy atom. The number of hydrogen-bond acceptors (Lipinski definition) is 3. The summed E-state index contributed by atoms with van der Waals surface area (Å²) >= 11 is 7.13. The van der Waals surface area contributed by atoms with Gasteiger partial charge in [0.1, 0.15) is 5.82 Å². The van der Waals surface area contributed by atoms with Gasteiger partial charge in [-0.2, -0.15) is 5.10 Å². The van der Waals surface area contributed by atoms with Crippen molar-refractivity contribution < 1.29 is 0 Å². The number of nitrogens with one attached hydrogen (secondary N) is 1. The smallest absolute Gasteiger partial charge is 0.195 e. The monoisotopic (exact) mass is 267 g/mol. The van der Waals surface area contributed by atoms with E-state index in [-0.39, 0.29) is 0 Å². The van der Waals surface area contributed by atoms with E-state index in [0.717, 1.165) is 29.9 Å². The van der Waals surface area contributed by atoms with Crippen LogP contribution >= 0.6 is 23.6 Å². The quantitative estimate of drug-likeness (QED) is 0.832. The molecule has 2 rings (SSSR count). The molecule has 0 saturated carbocycles. The van der Waals surface area contributed by atoms with Gasteiger partial charge in [-0.3, -0.25) is 9.67 Å². The lowest BCUT2D eigenvalue weighted by Crippen LogP contribution is -2.12. The molecule has 0 aliphatic rings. The molecule has 1 N–H and O–H groups in total. The number of H-pyrrole nitrogens is 1. The molecule has 1 atom stereocenters. The molecule has 5 heteroatoms. The van der Waals surface area contributed by atoms with Crippen LogP contribution < -0.4 is 0 Å². The van der Waals surface area contributed by atoms with Crippen molar-refractivity contribution in [3.05, 3.63) is 33.0 Å². The molecule has 2 heterocycles. The zero-order valence-electron chi connectivity index (χ0n) is 10.1. The van der Waals surface area contributed by atoms with Crippen LogP contribution in [0.2, 0.25) is 0 Å². The van der Waals surface area contributed by atoms with Crippen molar-refractivity contribution in [2.24, 2.45) is 0 Å². The molecule has 1 unspecified atom stereocenters. The second-order valence-electron chi connectivity index (χ2n) is 4.00. The maximum atomic E-state index is 5.35. The summed E-state index contributed by atoms with van der Waals surface area (Å²) in [5.74, 6) is 1.07. The van der Waals surface area contributed by atoms with Crippen LogP contribution in [-0.4, -0.2) is 14.8 Å². The lowest BCUT2D eigenvalue weighted by molar-refractivity contribution is 0.540. The molecule has 0 saturated heterocycles. The van der Waals surface area contributed by atoms with Crippen molar-refractivity contribution in [3.8, 4) is 0 Å². The molecule has 0 amide bonds. The second kappa shape index (κ2) is 5.60. The predicted octanol–water partition coefficient (Wildman–Crippen LogP) is 3.95. The van der Waals surface area contributed by atoms with E-state index in [1.54, 1.807) is 11.3 Å². The van der Waals surface area contributed by atoms with Crippen LogP contribution in [0.25, 0.3) is 0 Å². The van der Waals surface area contributed by atoms with Crippen molar-refractivity contribution in [1.82, 2.24) is 14.8 Å². The van der Waals surface area contributed by atoms with Gasteiger partial charge in [-0.1, -0.05) is 19.9 Å². The van der Waals surface area contributed by atoms with Gasteiger partial charge in [0.25, 0.3) is 0 Å². The largest absolute Gasteiger partial charge is 0.296 e. The summed E-state index contributed by atoms with van der Waals surface area (Å²) in [5.41, 5.74) is 0. The highest BCUT2D eigenvalue weighted by Crippen LogP contribution is 2.27. The summed E-state index contributed by atoms with van der Waals surface area (Å²) in [6.07, 6.45) is 3.08. The van der Waals surface area contributed by atoms with Crippen LogP contribution in [0.1, 0.15) is 43.4 Å². The molecule has 0 aliphatic heterocycles. The van der Waals surface area contributed by atoms with E-state index in [4.69, 9.17) is 12.2 Å². The lowest BCUT2D eigenvalue weighted by Gasteiger charge is -2.17. The van der Waals surface area contributed by atoms with Crippen molar-refractivity contribution >= 4 is 23.6 Å². The Kier molecular flexibility index (Phi) is 4.12. The van der Waals surface area contributed by atoms with Crippen molar-refractivity contribution in [2.75, 3.05) is 0 Å². The highest BCUT2D eigenvalue weighted by atomic mass is 32.1. The number of aromatic nitrogens is 3. The summed E-state index contributed by atoms with van der Waals surface area (Å²) in [4.78, 5) is 1.35. The standard InChI is InChI=1S/C12H17N3S2/c1-3-6-11-13-14-12(16)15(11)9(4-2)10-7-5-8-17-10/h5,7-9H,3-4,6H2,1-2H3,(H,14,16). The minimum atomic E-state index is 0.322. The van der Waals surface area contributed by atoms with Gasteiger partial charge in [0.2, 0.25) is 0 Å². The van der Waals surface area contributed by atoms with Gasteiger partial charge < -0.3 is 0 Å². The predicted molar refractivity (Wildman–Crippen MR) is 74.2 cm³/mol. The zero-order valence-corrected chi connectivity index (χ0v) is 11.8. The Balaban J connectivity index is 2.43. The molecule has 0 radical (unpaired) electrons. The van der Waals surface area contributed by atoms with Crippen LogP contribution in [0.5, 0.6) is 0 Å². The SMILES string of the molecule is CCCc1n[nH]c(=S)n1C(CC)c1cccs1. The highest BCUT2D eigenvalue weighted by molar-refractivity contribution is 7.71. The van der Waals surface area contributed by atoms with E-state index in [2.05, 4.69) is 46.1 Å². The van der Waals surface area contributed by atoms with E-state index in [1.807, 2.05) is 0 Å². The first-order valence-corrected chi connectivity index (χ1v) is 7.25. The average Bonchev–Trinajstić information content (AvgIpc) is 2.94. The number of hydrogen-bond donors (Lipinski definition) is 1. The van der Waals surface area contributed by atoms with Crippen molar-refractivity contribution in [2.45, 2.75) is 39.2 Å². The molecule has 3 nitrogen and oxygen atoms in total. The topological polar surface area (TPSA) is 33.6 Å². The first kappa shape index (κ1) is 12.5. The van der Waals surface area contributed by atoms with Gasteiger partial charge in [0.05, 0.1) is 6.04 Å². The van der Waals surface area contributed by atoms with Crippen LogP contribution in [0.4, 0.5) is 0 Å². The summed E-state index contributed by atoms with van der Waals surface area (Å²) in [7, 11) is 0. The summed E-state index contributed by atoms with van der Waals surface area (Å²) in [6.45, 7) is 4.35. The minimum Gasteiger partial charge on any atom is -0.296 e. The van der Waals surface area contributed by atoms with Crippen LogP contribution in [0, 0.1) is 4.77 Å². The molecular weight excluding hydrogens is 250 g/mol. The van der Waals surface area contributed by atoms with Gasteiger partial charge in [-0.05, 0) is 36.5 Å². The summed E-state index contributed by atoms with van der Waals surface area (Å²) in [5, 5.41) is 9.37. The van der Waals surface area contributed by atoms with Crippen LogP contribution in [0.15, 0.2) is 17.5 Å². The zero-order chi connectivity index (χ0) is 12.3. The fourth-order valence-corrected chi connectivity index (χ4v) is 3.23. The van der Waals surface area contributed by atoms with Gasteiger partial charge >= 0.3 is 0 Å². The van der Waals surface area contributed by atoms with Gasteiger partial charge in [0, 0.05) is 11.3 Å². The van der Waals surface area contributed by atoms with Gasteiger partial charge in [-0.15, -0.1) is 11.3 Å². The van der Waals surface area contributed by atoms with E-state index in [9.17, 15) is 0 Å². The number of thiophene rings is 1. The summed E-state index contributed by atoms with van der Waals surface area (Å²) in [6, 6.07) is 4.58. The molecule has 17 heavy (non-hydrogen) atoms. The summed E-state index contributed by atoms with van der Waals surface area (Å²) < 4.78 is 2.90. The molecule has 2 aromatic rings. The van der Waals surface area contributed by atoms with E-state index in [1.165, 1.54) is 4.88 Å². The number of aryl methyl sites for hydroxylation is 1. The Hall–Kier alpha value is -0.940. The Labute approximate surface area is 111 Å². The molecule has 0 fully saturated rings.